The first-order valence-corrected chi connectivity index (χ1v) is 14.2. The topological polar surface area (TPSA) is 60.3 Å². The Morgan fingerprint density at radius 2 is 1.85 bits per heavy atom. The number of esters is 1. The number of carbonyl (C=O) groups is 2. The number of carbonyl (C=O) groups excluding carboxylic acids is 2. The highest BCUT2D eigenvalue weighted by atomic mass is 19.1. The van der Waals surface area contributed by atoms with Gasteiger partial charge in [0.15, 0.2) is 0 Å². The summed E-state index contributed by atoms with van der Waals surface area (Å²) in [6.45, 7) is 8.59. The molecule has 210 valence electrons. The lowest BCUT2D eigenvalue weighted by Gasteiger charge is -2.24. The van der Waals surface area contributed by atoms with Crippen molar-refractivity contribution < 1.29 is 18.7 Å². The van der Waals surface area contributed by atoms with Gasteiger partial charge < -0.3 is 14.6 Å². The van der Waals surface area contributed by atoms with Crippen molar-refractivity contribution in [3.05, 3.63) is 95.6 Å². The molecule has 1 aliphatic rings. The van der Waals surface area contributed by atoms with E-state index in [1.54, 1.807) is 12.1 Å². The zero-order chi connectivity index (χ0) is 28.6. The molecule has 2 aromatic carbocycles. The molecule has 1 N–H and O–H groups in total. The summed E-state index contributed by atoms with van der Waals surface area (Å²) in [6.07, 6.45) is 9.30. The van der Waals surface area contributed by atoms with Crippen LogP contribution in [0.3, 0.4) is 0 Å². The van der Waals surface area contributed by atoms with Crippen LogP contribution in [0, 0.1) is 5.82 Å². The number of rotatable bonds is 10. The number of halogens is 1. The Labute approximate surface area is 236 Å². The minimum absolute atomic E-state index is 0.0126. The molecule has 0 aliphatic carbocycles. The van der Waals surface area contributed by atoms with Crippen LogP contribution in [0.2, 0.25) is 0 Å². The minimum atomic E-state index is -0.318. The second-order valence-electron chi connectivity index (χ2n) is 10.6. The SMILES string of the molecule is C/C=C\C/C=C(\C)NC(=O)c1c(-c2ccccc2)c(-c2ccc(F)cc2)n(CC[C@@H]2CCCC(=O)O2)c1C(C)C. The lowest BCUT2D eigenvalue weighted by molar-refractivity contribution is -0.154. The van der Waals surface area contributed by atoms with Gasteiger partial charge >= 0.3 is 5.97 Å². The van der Waals surface area contributed by atoms with Gasteiger partial charge in [0.1, 0.15) is 11.9 Å². The van der Waals surface area contributed by atoms with Crippen LogP contribution >= 0.6 is 0 Å². The molecule has 3 aromatic rings. The van der Waals surface area contributed by atoms with E-state index in [9.17, 15) is 14.0 Å². The zero-order valence-electron chi connectivity index (χ0n) is 23.9. The fraction of sp³-hybridized carbons (Fsp3) is 0.353. The highest BCUT2D eigenvalue weighted by molar-refractivity contribution is 6.07. The van der Waals surface area contributed by atoms with Crippen molar-refractivity contribution in [2.45, 2.75) is 78.4 Å². The van der Waals surface area contributed by atoms with Crippen LogP contribution in [0.1, 0.15) is 81.8 Å². The number of hydrogen-bond donors (Lipinski definition) is 1. The van der Waals surface area contributed by atoms with Crippen molar-refractivity contribution >= 4 is 11.9 Å². The number of cyclic esters (lactones) is 1. The number of nitrogens with zero attached hydrogens (tertiary/aromatic N) is 1. The quantitative estimate of drug-likeness (QED) is 0.208. The molecular formula is C34H39FN2O3. The van der Waals surface area contributed by atoms with Crippen LogP contribution < -0.4 is 5.32 Å². The fourth-order valence-electron chi connectivity index (χ4n) is 5.42. The van der Waals surface area contributed by atoms with Crippen LogP contribution in [-0.2, 0) is 16.1 Å². The average molecular weight is 543 g/mol. The van der Waals surface area contributed by atoms with Crippen LogP contribution in [0.4, 0.5) is 4.39 Å². The summed E-state index contributed by atoms with van der Waals surface area (Å²) in [6, 6.07) is 16.3. The molecule has 1 saturated heterocycles. The van der Waals surface area contributed by atoms with Crippen molar-refractivity contribution in [2.24, 2.45) is 0 Å². The van der Waals surface area contributed by atoms with Crippen LogP contribution in [0.15, 0.2) is 78.5 Å². The number of amides is 1. The third-order valence-electron chi connectivity index (χ3n) is 7.24. The van der Waals surface area contributed by atoms with E-state index in [0.717, 1.165) is 53.0 Å². The fourth-order valence-corrected chi connectivity index (χ4v) is 5.42. The van der Waals surface area contributed by atoms with Gasteiger partial charge in [0.25, 0.3) is 5.91 Å². The normalized spacial score (nSPS) is 16.0. The maximum absolute atomic E-state index is 14.1. The van der Waals surface area contributed by atoms with Gasteiger partial charge in [0.05, 0.1) is 11.3 Å². The van der Waals surface area contributed by atoms with Crippen molar-refractivity contribution in [1.82, 2.24) is 9.88 Å². The van der Waals surface area contributed by atoms with Crippen LogP contribution in [0.5, 0.6) is 0 Å². The average Bonchev–Trinajstić information content (AvgIpc) is 3.28. The van der Waals surface area contributed by atoms with Gasteiger partial charge in [-0.2, -0.15) is 0 Å². The second-order valence-corrected chi connectivity index (χ2v) is 10.6. The van der Waals surface area contributed by atoms with E-state index in [4.69, 9.17) is 4.74 Å². The largest absolute Gasteiger partial charge is 0.462 e. The van der Waals surface area contributed by atoms with E-state index < -0.39 is 0 Å². The summed E-state index contributed by atoms with van der Waals surface area (Å²) in [4.78, 5) is 26.1. The zero-order valence-corrected chi connectivity index (χ0v) is 23.9. The first-order valence-electron chi connectivity index (χ1n) is 14.2. The Morgan fingerprint density at radius 3 is 2.50 bits per heavy atom. The molecule has 1 atom stereocenters. The van der Waals surface area contributed by atoms with Gasteiger partial charge in [-0.1, -0.05) is 62.4 Å². The molecule has 4 rings (SSSR count). The Balaban J connectivity index is 1.92. The van der Waals surface area contributed by atoms with E-state index >= 15 is 0 Å². The van der Waals surface area contributed by atoms with Gasteiger partial charge in [-0.3, -0.25) is 9.59 Å². The molecule has 1 aromatic heterocycles. The number of nitrogens with one attached hydrogen (secondary N) is 1. The summed E-state index contributed by atoms with van der Waals surface area (Å²) >= 11 is 0. The number of aromatic nitrogens is 1. The van der Waals surface area contributed by atoms with Gasteiger partial charge in [0.2, 0.25) is 0 Å². The van der Waals surface area contributed by atoms with Crippen LogP contribution in [0.25, 0.3) is 22.4 Å². The highest BCUT2D eigenvalue weighted by Gasteiger charge is 2.31. The lowest BCUT2D eigenvalue weighted by Crippen LogP contribution is -2.26. The molecule has 6 heteroatoms. The summed E-state index contributed by atoms with van der Waals surface area (Å²) in [5.41, 5.74) is 5.70. The van der Waals surface area contributed by atoms with Crippen molar-refractivity contribution in [3.63, 3.8) is 0 Å². The molecule has 2 heterocycles. The molecule has 0 saturated carbocycles. The van der Waals surface area contributed by atoms with Gasteiger partial charge in [-0.05, 0) is 74.4 Å². The first-order chi connectivity index (χ1) is 19.3. The van der Waals surface area contributed by atoms with Gasteiger partial charge in [0, 0.05) is 36.3 Å². The van der Waals surface area contributed by atoms with Crippen LogP contribution in [-0.4, -0.2) is 22.5 Å². The minimum Gasteiger partial charge on any atom is -0.462 e. The Morgan fingerprint density at radius 1 is 1.12 bits per heavy atom. The number of hydrogen-bond acceptors (Lipinski definition) is 3. The number of ether oxygens (including phenoxy) is 1. The summed E-state index contributed by atoms with van der Waals surface area (Å²) in [5.74, 6) is -0.639. The highest BCUT2D eigenvalue weighted by Crippen LogP contribution is 2.42. The molecule has 40 heavy (non-hydrogen) atoms. The van der Waals surface area contributed by atoms with E-state index in [1.165, 1.54) is 12.1 Å². The van der Waals surface area contributed by atoms with Gasteiger partial charge in [-0.15, -0.1) is 0 Å². The van der Waals surface area contributed by atoms with E-state index in [0.29, 0.717) is 24.9 Å². The Hall–Kier alpha value is -3.93. The molecule has 1 fully saturated rings. The summed E-state index contributed by atoms with van der Waals surface area (Å²) in [5, 5.41) is 3.12. The van der Waals surface area contributed by atoms with Gasteiger partial charge in [-0.25, -0.2) is 4.39 Å². The number of allylic oxidation sites excluding steroid dienone is 4. The second kappa shape index (κ2) is 13.4. The predicted octanol–water partition coefficient (Wildman–Crippen LogP) is 8.17. The summed E-state index contributed by atoms with van der Waals surface area (Å²) in [7, 11) is 0. The maximum Gasteiger partial charge on any atom is 0.306 e. The smallest absolute Gasteiger partial charge is 0.306 e. The maximum atomic E-state index is 14.1. The predicted molar refractivity (Wildman–Crippen MR) is 158 cm³/mol. The molecule has 0 unspecified atom stereocenters. The van der Waals surface area contributed by atoms with Crippen molar-refractivity contribution in [1.29, 1.82) is 0 Å². The molecule has 1 amide bonds. The van der Waals surface area contributed by atoms with E-state index in [2.05, 4.69) is 23.7 Å². The third-order valence-corrected chi connectivity index (χ3v) is 7.24. The molecule has 0 spiro atoms. The van der Waals surface area contributed by atoms with E-state index in [1.807, 2.05) is 62.4 Å². The molecule has 0 radical (unpaired) electrons. The summed E-state index contributed by atoms with van der Waals surface area (Å²) < 4.78 is 21.9. The monoisotopic (exact) mass is 542 g/mol. The molecule has 5 nitrogen and oxygen atoms in total. The first kappa shape index (κ1) is 29.1. The molecular weight excluding hydrogens is 503 g/mol. The van der Waals surface area contributed by atoms with E-state index in [-0.39, 0.29) is 29.7 Å². The third kappa shape index (κ3) is 6.79. The van der Waals surface area contributed by atoms with Crippen molar-refractivity contribution in [2.75, 3.05) is 0 Å². The molecule has 1 aliphatic heterocycles. The molecule has 0 bridgehead atoms. The standard InChI is InChI=1S/C34H39FN2O3/c1-5-6-8-12-24(4)36-34(39)31-30(25-13-9-7-10-14-25)33(26-17-19-27(35)20-18-26)37(32(31)23(2)3)22-21-28-15-11-16-29(38)40-28/h5-7,9-10,12-14,17-20,23,28H,8,11,15-16,21-22H2,1-4H3,(H,36,39)/b6-5-,24-12+/t28-/m0/s1. The Bertz CT molecular complexity index is 1380. The Kier molecular flexibility index (Phi) is 9.75. The van der Waals surface area contributed by atoms with Crippen molar-refractivity contribution in [3.8, 4) is 22.4 Å². The number of benzene rings is 2. The lowest BCUT2D eigenvalue weighted by atomic mass is 9.94.